The number of carbonyl (C=O) groups excluding carboxylic acids is 2. The second-order valence-electron chi connectivity index (χ2n) is 6.81. The standard InChI is InChI=1S/C22H20F2N4O3/c1-2-16(9-12-26-25)31-17-7-8-19(18(24)13-17)28-21(30)22(10-11-22)20(29)27-15-5-3-14(23)4-6-15/h2-9,12-13H,1,10-11,25H2,(H,27,29)(H,28,30)/b16-9+,26-12-. The van der Waals surface area contributed by atoms with Crippen molar-refractivity contribution in [1.29, 1.82) is 0 Å². The van der Waals surface area contributed by atoms with Gasteiger partial charge in [0.1, 0.15) is 28.6 Å². The molecule has 0 spiro atoms. The van der Waals surface area contributed by atoms with Crippen LogP contribution in [0.15, 0.2) is 72.1 Å². The van der Waals surface area contributed by atoms with Crippen molar-refractivity contribution in [2.75, 3.05) is 10.6 Å². The van der Waals surface area contributed by atoms with Crippen LogP contribution in [0.25, 0.3) is 0 Å². The number of halogens is 2. The van der Waals surface area contributed by atoms with Crippen molar-refractivity contribution in [3.63, 3.8) is 0 Å². The number of nitrogens with one attached hydrogen (secondary N) is 2. The number of allylic oxidation sites excluding steroid dienone is 2. The fourth-order valence-corrected chi connectivity index (χ4v) is 2.77. The summed E-state index contributed by atoms with van der Waals surface area (Å²) in [5.74, 6) is 3.15. The first-order valence-electron chi connectivity index (χ1n) is 9.30. The molecule has 9 heteroatoms. The Bertz CT molecular complexity index is 1060. The van der Waals surface area contributed by atoms with Crippen LogP contribution in [-0.2, 0) is 9.59 Å². The zero-order valence-corrected chi connectivity index (χ0v) is 16.4. The molecule has 0 unspecified atom stereocenters. The van der Waals surface area contributed by atoms with Gasteiger partial charge in [-0.05, 0) is 55.3 Å². The number of ether oxygens (including phenoxy) is 1. The van der Waals surface area contributed by atoms with Gasteiger partial charge in [-0.25, -0.2) is 8.78 Å². The summed E-state index contributed by atoms with van der Waals surface area (Å²) in [5.41, 5.74) is -1.02. The highest BCUT2D eigenvalue weighted by Crippen LogP contribution is 2.47. The normalized spacial score (nSPS) is 14.7. The van der Waals surface area contributed by atoms with E-state index in [1.54, 1.807) is 0 Å². The molecule has 1 fully saturated rings. The van der Waals surface area contributed by atoms with Gasteiger partial charge in [-0.1, -0.05) is 6.58 Å². The molecule has 0 saturated heterocycles. The molecule has 4 N–H and O–H groups in total. The molecule has 2 aromatic rings. The molecule has 2 amide bonds. The first-order valence-corrected chi connectivity index (χ1v) is 9.30. The molecule has 3 rings (SSSR count). The molecule has 1 saturated carbocycles. The SMILES string of the molecule is C=C/C(=C\C=N/N)Oc1ccc(NC(=O)C2(C(=O)Nc3ccc(F)cc3)CC2)c(F)c1. The number of hydrogen-bond acceptors (Lipinski definition) is 5. The van der Waals surface area contributed by atoms with E-state index < -0.39 is 28.9 Å². The summed E-state index contributed by atoms with van der Waals surface area (Å²) < 4.78 is 33.0. The summed E-state index contributed by atoms with van der Waals surface area (Å²) in [4.78, 5) is 25.3. The van der Waals surface area contributed by atoms with Gasteiger partial charge in [-0.3, -0.25) is 9.59 Å². The number of amides is 2. The monoisotopic (exact) mass is 426 g/mol. The van der Waals surface area contributed by atoms with Crippen LogP contribution in [0.4, 0.5) is 20.2 Å². The van der Waals surface area contributed by atoms with Crippen LogP contribution in [0.2, 0.25) is 0 Å². The van der Waals surface area contributed by atoms with E-state index in [0.717, 1.165) is 6.07 Å². The highest BCUT2D eigenvalue weighted by molar-refractivity contribution is 6.16. The van der Waals surface area contributed by atoms with Gasteiger partial charge in [0.05, 0.1) is 11.9 Å². The van der Waals surface area contributed by atoms with Crippen molar-refractivity contribution in [2.45, 2.75) is 12.8 Å². The number of benzene rings is 2. The number of nitrogens with two attached hydrogens (primary N) is 1. The Morgan fingerprint density at radius 1 is 1.10 bits per heavy atom. The summed E-state index contributed by atoms with van der Waals surface area (Å²) in [6, 6.07) is 9.05. The maximum absolute atomic E-state index is 14.5. The lowest BCUT2D eigenvalue weighted by Gasteiger charge is -2.16. The second-order valence-corrected chi connectivity index (χ2v) is 6.81. The van der Waals surface area contributed by atoms with Gasteiger partial charge in [0.25, 0.3) is 0 Å². The molecule has 0 radical (unpaired) electrons. The van der Waals surface area contributed by atoms with Crippen LogP contribution >= 0.6 is 0 Å². The van der Waals surface area contributed by atoms with Crippen molar-refractivity contribution in [3.8, 4) is 5.75 Å². The Hall–Kier alpha value is -4.01. The minimum atomic E-state index is -1.30. The predicted molar refractivity (Wildman–Crippen MR) is 113 cm³/mol. The molecule has 2 aromatic carbocycles. The van der Waals surface area contributed by atoms with E-state index in [4.69, 9.17) is 10.6 Å². The van der Waals surface area contributed by atoms with Crippen molar-refractivity contribution < 1.29 is 23.1 Å². The Labute approximate surface area is 177 Å². The number of nitrogens with zero attached hydrogens (tertiary/aromatic N) is 1. The third kappa shape index (κ3) is 5.13. The zero-order valence-electron chi connectivity index (χ0n) is 16.4. The summed E-state index contributed by atoms with van der Waals surface area (Å²) in [5, 5.41) is 8.35. The minimum absolute atomic E-state index is 0.0918. The zero-order chi connectivity index (χ0) is 22.4. The molecule has 0 aromatic heterocycles. The minimum Gasteiger partial charge on any atom is -0.457 e. The van der Waals surface area contributed by atoms with E-state index in [1.165, 1.54) is 54.8 Å². The summed E-state index contributed by atoms with van der Waals surface area (Å²) in [6.45, 7) is 3.57. The summed E-state index contributed by atoms with van der Waals surface area (Å²) >= 11 is 0. The average molecular weight is 426 g/mol. The number of anilines is 2. The Morgan fingerprint density at radius 3 is 2.35 bits per heavy atom. The van der Waals surface area contributed by atoms with Crippen LogP contribution < -0.4 is 21.2 Å². The van der Waals surface area contributed by atoms with Gasteiger partial charge in [0.2, 0.25) is 11.8 Å². The fraction of sp³-hybridized carbons (Fsp3) is 0.136. The first kappa shape index (κ1) is 21.7. The molecule has 1 aliphatic carbocycles. The van der Waals surface area contributed by atoms with Crippen molar-refractivity contribution >= 4 is 29.4 Å². The summed E-state index contributed by atoms with van der Waals surface area (Å²) in [6.07, 6.45) is 4.77. The number of hydrogen-bond donors (Lipinski definition) is 3. The van der Waals surface area contributed by atoms with Gasteiger partial charge in [-0.2, -0.15) is 5.10 Å². The molecular weight excluding hydrogens is 406 g/mol. The van der Waals surface area contributed by atoms with Gasteiger partial charge in [0.15, 0.2) is 0 Å². The van der Waals surface area contributed by atoms with Gasteiger partial charge in [0, 0.05) is 17.8 Å². The third-order valence-corrected chi connectivity index (χ3v) is 4.67. The van der Waals surface area contributed by atoms with Crippen LogP contribution in [0.1, 0.15) is 12.8 Å². The van der Waals surface area contributed by atoms with Gasteiger partial charge < -0.3 is 21.2 Å². The highest BCUT2D eigenvalue weighted by atomic mass is 19.1. The molecule has 160 valence electrons. The fourth-order valence-electron chi connectivity index (χ4n) is 2.77. The van der Waals surface area contributed by atoms with Crippen LogP contribution in [0.3, 0.4) is 0 Å². The van der Waals surface area contributed by atoms with E-state index in [9.17, 15) is 18.4 Å². The molecule has 0 heterocycles. The van der Waals surface area contributed by atoms with Crippen molar-refractivity contribution in [2.24, 2.45) is 16.4 Å². The van der Waals surface area contributed by atoms with Crippen LogP contribution in [0, 0.1) is 17.0 Å². The molecule has 7 nitrogen and oxygen atoms in total. The molecular formula is C22H20F2N4O3. The lowest BCUT2D eigenvalue weighted by atomic mass is 10.0. The van der Waals surface area contributed by atoms with Crippen molar-refractivity contribution in [3.05, 3.63) is 78.6 Å². The Morgan fingerprint density at radius 2 is 1.77 bits per heavy atom. The first-order chi connectivity index (χ1) is 14.9. The van der Waals surface area contributed by atoms with E-state index in [1.807, 2.05) is 0 Å². The lowest BCUT2D eigenvalue weighted by Crippen LogP contribution is -2.35. The number of rotatable bonds is 8. The van der Waals surface area contributed by atoms with Crippen LogP contribution in [-0.4, -0.2) is 18.0 Å². The number of carbonyl (C=O) groups is 2. The van der Waals surface area contributed by atoms with E-state index in [2.05, 4.69) is 22.3 Å². The Kier molecular flexibility index (Phi) is 6.44. The van der Waals surface area contributed by atoms with Crippen molar-refractivity contribution in [1.82, 2.24) is 0 Å². The highest BCUT2D eigenvalue weighted by Gasteiger charge is 2.56. The van der Waals surface area contributed by atoms with E-state index >= 15 is 0 Å². The van der Waals surface area contributed by atoms with E-state index in [0.29, 0.717) is 24.3 Å². The lowest BCUT2D eigenvalue weighted by molar-refractivity contribution is -0.131. The predicted octanol–water partition coefficient (Wildman–Crippen LogP) is 3.72. The molecule has 0 atom stereocenters. The molecule has 0 bridgehead atoms. The second kappa shape index (κ2) is 9.21. The molecule has 1 aliphatic rings. The van der Waals surface area contributed by atoms with E-state index in [-0.39, 0.29) is 11.4 Å². The smallest absolute Gasteiger partial charge is 0.240 e. The van der Waals surface area contributed by atoms with Gasteiger partial charge >= 0.3 is 0 Å². The molecule has 0 aliphatic heterocycles. The molecule has 31 heavy (non-hydrogen) atoms. The van der Waals surface area contributed by atoms with Crippen LogP contribution in [0.5, 0.6) is 5.75 Å². The third-order valence-electron chi connectivity index (χ3n) is 4.67. The quantitative estimate of drug-likeness (QED) is 0.149. The largest absolute Gasteiger partial charge is 0.457 e. The average Bonchev–Trinajstić information content (AvgIpc) is 3.57. The topological polar surface area (TPSA) is 106 Å². The Balaban J connectivity index is 1.67. The summed E-state index contributed by atoms with van der Waals surface area (Å²) in [7, 11) is 0. The maximum Gasteiger partial charge on any atom is 0.240 e. The number of hydrazone groups is 1. The van der Waals surface area contributed by atoms with Gasteiger partial charge in [-0.15, -0.1) is 0 Å². The maximum atomic E-state index is 14.5.